The Hall–Kier alpha value is -3.76. The Balaban J connectivity index is 1.63. The molecule has 1 unspecified atom stereocenters. The molecule has 0 aliphatic rings. The maximum atomic E-state index is 13.9. The van der Waals surface area contributed by atoms with Gasteiger partial charge in [-0.2, -0.15) is 0 Å². The zero-order chi connectivity index (χ0) is 22.9. The summed E-state index contributed by atoms with van der Waals surface area (Å²) in [7, 11) is 0. The van der Waals surface area contributed by atoms with Crippen molar-refractivity contribution in [1.29, 1.82) is 0 Å². The molecule has 3 N–H and O–H groups in total. The molecule has 0 aliphatic heterocycles. The van der Waals surface area contributed by atoms with E-state index in [1.165, 1.54) is 18.5 Å². The monoisotopic (exact) mass is 462 g/mol. The summed E-state index contributed by atoms with van der Waals surface area (Å²) in [5.41, 5.74) is 4.75. The van der Waals surface area contributed by atoms with Gasteiger partial charge in [0, 0.05) is 22.6 Å². The van der Waals surface area contributed by atoms with E-state index in [9.17, 15) is 13.2 Å². The van der Waals surface area contributed by atoms with Crippen LogP contribution in [0.5, 0.6) is 0 Å². The highest BCUT2D eigenvalue weighted by atomic mass is 32.2. The van der Waals surface area contributed by atoms with Crippen LogP contribution in [0.2, 0.25) is 0 Å². The van der Waals surface area contributed by atoms with Gasteiger partial charge in [-0.1, -0.05) is 18.2 Å². The Kier molecular flexibility index (Phi) is 5.53. The number of anilines is 1. The molecular formula is C23H19FN6O2S. The number of hydrogen-bond acceptors (Lipinski definition) is 6. The van der Waals surface area contributed by atoms with E-state index in [0.717, 1.165) is 16.5 Å². The van der Waals surface area contributed by atoms with Gasteiger partial charge in [0.2, 0.25) is 0 Å². The highest BCUT2D eigenvalue weighted by molar-refractivity contribution is 7.78. The number of hydrogen-bond donors (Lipinski definition) is 3. The number of nitrogens with zero attached hydrogens (tertiary/aromatic N) is 4. The lowest BCUT2D eigenvalue weighted by atomic mass is 9.97. The molecule has 166 valence electrons. The number of imidazole rings is 1. The molecule has 0 fully saturated rings. The average Bonchev–Trinajstić information content (AvgIpc) is 3.28. The van der Waals surface area contributed by atoms with E-state index in [2.05, 4.69) is 25.3 Å². The maximum absolute atomic E-state index is 13.9. The predicted molar refractivity (Wildman–Crippen MR) is 125 cm³/mol. The van der Waals surface area contributed by atoms with Crippen molar-refractivity contribution in [1.82, 2.24) is 24.9 Å². The number of nitrogens with one attached hydrogen (secondary N) is 2. The molecule has 8 nitrogen and oxygen atoms in total. The van der Waals surface area contributed by atoms with Crippen LogP contribution in [0.4, 0.5) is 10.2 Å². The summed E-state index contributed by atoms with van der Waals surface area (Å²) in [6.07, 6.45) is 3.00. The van der Waals surface area contributed by atoms with Crippen molar-refractivity contribution < 1.29 is 13.2 Å². The van der Waals surface area contributed by atoms with Gasteiger partial charge < -0.3 is 14.9 Å². The van der Waals surface area contributed by atoms with Crippen LogP contribution in [0.1, 0.15) is 24.1 Å². The number of pyridine rings is 1. The fourth-order valence-electron chi connectivity index (χ4n) is 3.83. The minimum Gasteiger partial charge on any atom is -0.362 e. The molecule has 0 saturated carbocycles. The highest BCUT2D eigenvalue weighted by Gasteiger charge is 2.18. The second kappa shape index (κ2) is 8.64. The van der Waals surface area contributed by atoms with Crippen LogP contribution in [0, 0.1) is 5.82 Å². The van der Waals surface area contributed by atoms with Crippen molar-refractivity contribution in [3.63, 3.8) is 0 Å². The number of aromatic nitrogens is 5. The highest BCUT2D eigenvalue weighted by Crippen LogP contribution is 2.33. The van der Waals surface area contributed by atoms with Gasteiger partial charge in [0.1, 0.15) is 17.7 Å². The van der Waals surface area contributed by atoms with Gasteiger partial charge in [-0.3, -0.25) is 0 Å². The molecule has 0 spiro atoms. The molecule has 0 aliphatic carbocycles. The SMILES string of the molecule is C[C@H](Nc1ncnc2nc[nH]c12)c1cc2ccc(F)cc2nc1-c1cccc(CS(=O)O)c1. The van der Waals surface area contributed by atoms with Gasteiger partial charge in [0.25, 0.3) is 0 Å². The van der Waals surface area contributed by atoms with Crippen LogP contribution in [-0.2, 0) is 16.8 Å². The van der Waals surface area contributed by atoms with Crippen LogP contribution < -0.4 is 5.32 Å². The van der Waals surface area contributed by atoms with Gasteiger partial charge in [-0.15, -0.1) is 0 Å². The Morgan fingerprint density at radius 3 is 2.88 bits per heavy atom. The fourth-order valence-corrected chi connectivity index (χ4v) is 4.29. The molecule has 2 atom stereocenters. The van der Waals surface area contributed by atoms with Crippen LogP contribution in [-0.4, -0.2) is 33.7 Å². The second-order valence-electron chi connectivity index (χ2n) is 7.62. The fraction of sp³-hybridized carbons (Fsp3) is 0.130. The largest absolute Gasteiger partial charge is 0.362 e. The zero-order valence-electron chi connectivity index (χ0n) is 17.5. The molecule has 3 heterocycles. The van der Waals surface area contributed by atoms with Crippen LogP contribution in [0.3, 0.4) is 0 Å². The van der Waals surface area contributed by atoms with Crippen molar-refractivity contribution in [3.8, 4) is 11.3 Å². The Bertz CT molecular complexity index is 1510. The first-order chi connectivity index (χ1) is 16.0. The summed E-state index contributed by atoms with van der Waals surface area (Å²) >= 11 is -1.96. The lowest BCUT2D eigenvalue weighted by molar-refractivity contribution is 0.563. The molecule has 10 heteroatoms. The Morgan fingerprint density at radius 1 is 1.15 bits per heavy atom. The van der Waals surface area contributed by atoms with Gasteiger partial charge >= 0.3 is 0 Å². The van der Waals surface area contributed by atoms with E-state index in [1.54, 1.807) is 18.5 Å². The van der Waals surface area contributed by atoms with E-state index in [0.29, 0.717) is 33.8 Å². The summed E-state index contributed by atoms with van der Waals surface area (Å²) in [5, 5.41) is 4.19. The van der Waals surface area contributed by atoms with Gasteiger partial charge in [0.05, 0.1) is 29.3 Å². The first kappa shape index (κ1) is 21.1. The topological polar surface area (TPSA) is 117 Å². The lowest BCUT2D eigenvalue weighted by Gasteiger charge is -2.19. The molecule has 0 bridgehead atoms. The molecule has 33 heavy (non-hydrogen) atoms. The van der Waals surface area contributed by atoms with Crippen LogP contribution in [0.15, 0.2) is 61.2 Å². The van der Waals surface area contributed by atoms with Gasteiger partial charge in [-0.05, 0) is 36.8 Å². The van der Waals surface area contributed by atoms with Crippen molar-refractivity contribution in [2.24, 2.45) is 0 Å². The van der Waals surface area contributed by atoms with E-state index in [-0.39, 0.29) is 17.6 Å². The summed E-state index contributed by atoms with van der Waals surface area (Å²) in [5.74, 6) is 0.240. The summed E-state index contributed by atoms with van der Waals surface area (Å²) in [6, 6.07) is 13.5. The minimum atomic E-state index is -1.96. The maximum Gasteiger partial charge on any atom is 0.182 e. The van der Waals surface area contributed by atoms with E-state index >= 15 is 0 Å². The summed E-state index contributed by atoms with van der Waals surface area (Å²) < 4.78 is 34.5. The van der Waals surface area contributed by atoms with Gasteiger partial charge in [0.15, 0.2) is 22.5 Å². The smallest absolute Gasteiger partial charge is 0.182 e. The predicted octanol–water partition coefficient (Wildman–Crippen LogP) is 4.60. The van der Waals surface area contributed by atoms with E-state index in [1.807, 2.05) is 31.2 Å². The quantitative estimate of drug-likeness (QED) is 0.316. The number of H-pyrrole nitrogens is 1. The van der Waals surface area contributed by atoms with Crippen molar-refractivity contribution in [2.45, 2.75) is 18.7 Å². The van der Waals surface area contributed by atoms with Crippen molar-refractivity contribution >= 4 is 39.0 Å². The average molecular weight is 463 g/mol. The molecule has 0 radical (unpaired) electrons. The molecule has 0 amide bonds. The number of halogens is 1. The van der Waals surface area contributed by atoms with Gasteiger partial charge in [-0.25, -0.2) is 28.5 Å². The molecule has 5 aromatic rings. The standard InChI is InChI=1S/C23H19FN6O2S/c1-13(29-23-21-22(26-11-25-21)27-12-28-23)18-8-15-5-6-17(24)9-19(15)30-20(18)16-4-2-3-14(7-16)10-33(31)32/h2-9,11-13H,10H2,1H3,(H,31,32)(H2,25,26,27,28,29)/t13-/m0/s1. The van der Waals surface area contributed by atoms with E-state index < -0.39 is 11.1 Å². The van der Waals surface area contributed by atoms with Crippen molar-refractivity contribution in [3.05, 3.63) is 78.1 Å². The zero-order valence-corrected chi connectivity index (χ0v) is 18.3. The lowest BCUT2D eigenvalue weighted by Crippen LogP contribution is -2.11. The molecule has 0 saturated heterocycles. The third-order valence-electron chi connectivity index (χ3n) is 5.34. The van der Waals surface area contributed by atoms with Crippen LogP contribution in [0.25, 0.3) is 33.3 Å². The Morgan fingerprint density at radius 2 is 2.03 bits per heavy atom. The third kappa shape index (κ3) is 4.30. The molecular weight excluding hydrogens is 443 g/mol. The normalized spacial score (nSPS) is 13.3. The summed E-state index contributed by atoms with van der Waals surface area (Å²) in [4.78, 5) is 20.5. The van der Waals surface area contributed by atoms with Crippen molar-refractivity contribution in [2.75, 3.05) is 5.32 Å². The summed E-state index contributed by atoms with van der Waals surface area (Å²) in [6.45, 7) is 1.98. The minimum absolute atomic E-state index is 0.0118. The number of aromatic amines is 1. The van der Waals surface area contributed by atoms with Crippen LogP contribution >= 0.6 is 0 Å². The van der Waals surface area contributed by atoms with E-state index in [4.69, 9.17) is 4.98 Å². The first-order valence-corrected chi connectivity index (χ1v) is 11.4. The molecule has 2 aromatic carbocycles. The number of rotatable bonds is 6. The molecule has 3 aromatic heterocycles. The second-order valence-corrected chi connectivity index (χ2v) is 8.55. The third-order valence-corrected chi connectivity index (χ3v) is 5.92. The number of fused-ring (bicyclic) bond motifs is 2. The Labute approximate surface area is 190 Å². The molecule has 5 rings (SSSR count). The first-order valence-electron chi connectivity index (χ1n) is 10.2. The number of benzene rings is 2.